The first-order chi connectivity index (χ1) is 28.7. The Morgan fingerprint density at radius 2 is 1.83 bits per heavy atom. The number of aliphatic carboxylic acids is 1. The van der Waals surface area contributed by atoms with Gasteiger partial charge in [-0.1, -0.05) is 61.9 Å². The van der Waals surface area contributed by atoms with Crippen LogP contribution in [0.3, 0.4) is 0 Å². The first-order valence-corrected chi connectivity index (χ1v) is 19.9. The largest absolute Gasteiger partial charge is 0.508 e. The number of fused-ring (bicyclic) bond motifs is 3. The van der Waals surface area contributed by atoms with Crippen molar-refractivity contribution >= 4 is 23.6 Å². The summed E-state index contributed by atoms with van der Waals surface area (Å²) in [5.41, 5.74) is 8.01. The number of imidazole rings is 1. The smallest absolute Gasteiger partial charge is 0.355 e. The van der Waals surface area contributed by atoms with Crippen LogP contribution in [0.2, 0.25) is 0 Å². The first-order valence-electron chi connectivity index (χ1n) is 19.9. The molecule has 0 radical (unpaired) electrons. The highest BCUT2D eigenvalue weighted by molar-refractivity contribution is 6.13. The average Bonchev–Trinajstić information content (AvgIpc) is 4.02. The number of benzene rings is 3. The van der Waals surface area contributed by atoms with Gasteiger partial charge in [-0.2, -0.15) is 0 Å². The van der Waals surface area contributed by atoms with Gasteiger partial charge in [0.05, 0.1) is 24.3 Å². The maximum absolute atomic E-state index is 14.8. The predicted molar refractivity (Wildman–Crippen MR) is 215 cm³/mol. The number of aryl methyl sites for hydroxylation is 1. The topological polar surface area (TPSA) is 272 Å². The molecule has 4 aliphatic rings. The third kappa shape index (κ3) is 6.37. The van der Waals surface area contributed by atoms with Gasteiger partial charge in [-0.05, 0) is 66.1 Å². The number of nitrogens with two attached hydrogens (primary N) is 1. The quantitative estimate of drug-likeness (QED) is 0.0590. The minimum absolute atomic E-state index is 0.0140. The molecule has 11 N–H and O–H groups in total. The van der Waals surface area contributed by atoms with Crippen molar-refractivity contribution in [2.75, 3.05) is 11.5 Å². The van der Waals surface area contributed by atoms with Gasteiger partial charge in [0.15, 0.2) is 23.1 Å². The second-order valence-corrected chi connectivity index (χ2v) is 16.0. The van der Waals surface area contributed by atoms with E-state index in [2.05, 4.69) is 9.97 Å². The molecule has 2 fully saturated rings. The summed E-state index contributed by atoms with van der Waals surface area (Å²) in [7, 11) is 0. The van der Waals surface area contributed by atoms with Crippen LogP contribution in [0.25, 0.3) is 6.08 Å². The number of carbonyl (C=O) groups is 2. The summed E-state index contributed by atoms with van der Waals surface area (Å²) in [4.78, 5) is 37.2. The number of carbonyl (C=O) groups excluding carboxylic acids is 1. The number of nitrogens with one attached hydrogen (secondary N) is 1. The number of carboxylic acid groups (broad SMARTS) is 1. The molecule has 0 bridgehead atoms. The maximum atomic E-state index is 14.8. The molecule has 16 nitrogen and oxygen atoms in total. The van der Waals surface area contributed by atoms with E-state index in [1.807, 2.05) is 37.3 Å². The van der Waals surface area contributed by atoms with E-state index in [9.17, 15) is 50.4 Å². The summed E-state index contributed by atoms with van der Waals surface area (Å²) < 4.78 is 10.9. The standard InChI is InChI=1S/C44H48N4O12/c1-2-28-29(47-22-46-28)18-24-17-23(10-12-31(24)50)11-13-36(52)48-30-20-33(59-44(58)40(55)39(54)38(53)34(21-49)60-44)32(51)19-26(30)37-27(14-16-43(37,48)41(56)57)42(15-6-9-35(42)45)25-7-4-3-5-8-25/h3-5,7-8,10-14,16-17,19-20,22,27,34-35,37-40,49-51,53-55,58H,2,6,9,15,18,21,45H2,1H3,(H,46,47)(H,56,57). The molecule has 2 aliphatic heterocycles. The molecule has 316 valence electrons. The van der Waals surface area contributed by atoms with Crippen LogP contribution in [-0.2, 0) is 32.6 Å². The number of amides is 1. The van der Waals surface area contributed by atoms with E-state index in [-0.39, 0.29) is 17.0 Å². The van der Waals surface area contributed by atoms with Gasteiger partial charge in [0.2, 0.25) is 0 Å². The summed E-state index contributed by atoms with van der Waals surface area (Å²) in [5.74, 6) is -8.09. The number of aromatic hydroxyl groups is 2. The Kier molecular flexibility index (Phi) is 10.6. The van der Waals surface area contributed by atoms with Crippen molar-refractivity contribution in [3.05, 3.63) is 119 Å². The van der Waals surface area contributed by atoms with Crippen molar-refractivity contribution in [3.8, 4) is 17.2 Å². The Labute approximate surface area is 344 Å². The molecular weight excluding hydrogens is 776 g/mol. The zero-order valence-electron chi connectivity index (χ0n) is 32.6. The monoisotopic (exact) mass is 824 g/mol. The van der Waals surface area contributed by atoms with Crippen LogP contribution in [0.15, 0.2) is 85.2 Å². The average molecular weight is 825 g/mol. The lowest BCUT2D eigenvalue weighted by Gasteiger charge is -2.44. The molecule has 3 aromatic carbocycles. The number of ether oxygens (including phenoxy) is 2. The third-order valence-electron chi connectivity index (χ3n) is 12.9. The fraction of sp³-hybridized carbons (Fsp3) is 0.386. The Bertz CT molecular complexity index is 2350. The number of phenolic OH excluding ortho intramolecular Hbond substituents is 2. The first kappa shape index (κ1) is 41.2. The molecule has 1 saturated heterocycles. The number of aromatic nitrogens is 2. The molecule has 1 aromatic heterocycles. The van der Waals surface area contributed by atoms with E-state index in [0.717, 1.165) is 34.3 Å². The number of aromatic amines is 1. The van der Waals surface area contributed by atoms with Crippen LogP contribution >= 0.6 is 0 Å². The molecule has 0 spiro atoms. The summed E-state index contributed by atoms with van der Waals surface area (Å²) in [6, 6.07) is 16.3. The van der Waals surface area contributed by atoms with Crippen LogP contribution in [0, 0.1) is 5.92 Å². The predicted octanol–water partition coefficient (Wildman–Crippen LogP) is 2.07. The highest BCUT2D eigenvalue weighted by Crippen LogP contribution is 2.64. The number of phenols is 2. The molecule has 1 amide bonds. The van der Waals surface area contributed by atoms with Crippen molar-refractivity contribution in [1.29, 1.82) is 0 Å². The van der Waals surface area contributed by atoms with Gasteiger partial charge < -0.3 is 61.0 Å². The second kappa shape index (κ2) is 15.5. The van der Waals surface area contributed by atoms with Crippen molar-refractivity contribution in [2.45, 2.75) is 92.3 Å². The highest BCUT2D eigenvalue weighted by Gasteiger charge is 2.67. The number of allylic oxidation sites excluding steroid dienone is 1. The summed E-state index contributed by atoms with van der Waals surface area (Å²) >= 11 is 0. The number of aliphatic hydroxyl groups is 5. The van der Waals surface area contributed by atoms with E-state index in [0.29, 0.717) is 36.8 Å². The van der Waals surface area contributed by atoms with Gasteiger partial charge in [-0.15, -0.1) is 0 Å². The van der Waals surface area contributed by atoms with Crippen LogP contribution in [-0.4, -0.2) is 111 Å². The fourth-order valence-electron chi connectivity index (χ4n) is 9.98. The summed E-state index contributed by atoms with van der Waals surface area (Å²) in [6.07, 6.45) is 2.80. The van der Waals surface area contributed by atoms with Gasteiger partial charge >= 0.3 is 11.9 Å². The molecule has 2 aliphatic carbocycles. The Morgan fingerprint density at radius 3 is 2.52 bits per heavy atom. The Hall–Kier alpha value is -5.59. The highest BCUT2D eigenvalue weighted by atomic mass is 16.8. The van der Waals surface area contributed by atoms with Gasteiger partial charge in [-0.25, -0.2) is 9.78 Å². The van der Waals surface area contributed by atoms with Crippen LogP contribution in [0.5, 0.6) is 17.2 Å². The number of H-pyrrole nitrogens is 1. The lowest BCUT2D eigenvalue weighted by atomic mass is 9.61. The lowest BCUT2D eigenvalue weighted by molar-refractivity contribution is -0.422. The molecule has 10 unspecified atom stereocenters. The van der Waals surface area contributed by atoms with E-state index in [1.165, 1.54) is 30.4 Å². The summed E-state index contributed by atoms with van der Waals surface area (Å²) in [5, 5.41) is 86.3. The molecule has 4 aromatic rings. The zero-order valence-corrected chi connectivity index (χ0v) is 32.6. The molecule has 8 rings (SSSR count). The summed E-state index contributed by atoms with van der Waals surface area (Å²) in [6.45, 7) is 1.07. The SMILES string of the molecule is CCc1nc[nH]c1Cc1cc(C=CC(=O)N2c3cc(OC4(O)OC(CO)C(O)C(O)C4O)c(O)cc3C3C(C4(c5ccccc5)CCCC4N)C=CC32C(=O)O)ccc1O. The van der Waals surface area contributed by atoms with E-state index in [4.69, 9.17) is 15.2 Å². The Balaban J connectivity index is 1.24. The number of aliphatic hydroxyl groups excluding tert-OH is 4. The van der Waals surface area contributed by atoms with Crippen molar-refractivity contribution in [3.63, 3.8) is 0 Å². The van der Waals surface area contributed by atoms with E-state index in [1.54, 1.807) is 24.5 Å². The van der Waals surface area contributed by atoms with Gasteiger partial charge in [0, 0.05) is 47.2 Å². The van der Waals surface area contributed by atoms with E-state index < -0.39 is 89.2 Å². The van der Waals surface area contributed by atoms with Crippen LogP contribution < -0.4 is 15.4 Å². The van der Waals surface area contributed by atoms with Crippen molar-refractivity contribution in [1.82, 2.24) is 9.97 Å². The molecule has 16 heteroatoms. The molecular formula is C44H48N4O12. The van der Waals surface area contributed by atoms with Gasteiger partial charge in [0.25, 0.3) is 5.91 Å². The molecule has 3 heterocycles. The molecule has 10 atom stereocenters. The molecule has 1 saturated carbocycles. The number of hydrogen-bond acceptors (Lipinski definition) is 13. The third-order valence-corrected chi connectivity index (χ3v) is 12.9. The number of nitrogens with zero attached hydrogens (tertiary/aromatic N) is 2. The number of hydrogen-bond donors (Lipinski definition) is 10. The molecule has 60 heavy (non-hydrogen) atoms. The minimum atomic E-state index is -3.13. The van der Waals surface area contributed by atoms with Gasteiger partial charge in [-0.3, -0.25) is 9.69 Å². The van der Waals surface area contributed by atoms with Crippen LogP contribution in [0.4, 0.5) is 5.69 Å². The maximum Gasteiger partial charge on any atom is 0.355 e. The van der Waals surface area contributed by atoms with Crippen molar-refractivity contribution in [2.24, 2.45) is 11.7 Å². The normalized spacial score (nSPS) is 32.0. The van der Waals surface area contributed by atoms with Crippen LogP contribution in [0.1, 0.15) is 65.7 Å². The second-order valence-electron chi connectivity index (χ2n) is 16.0. The number of carboxylic acids is 1. The van der Waals surface area contributed by atoms with Gasteiger partial charge in [0.1, 0.15) is 24.1 Å². The lowest BCUT2D eigenvalue weighted by Crippen LogP contribution is -2.67. The minimum Gasteiger partial charge on any atom is -0.508 e. The number of rotatable bonds is 11. The number of anilines is 1. The van der Waals surface area contributed by atoms with E-state index >= 15 is 0 Å². The van der Waals surface area contributed by atoms with Crippen molar-refractivity contribution < 1.29 is 59.9 Å². The fourth-order valence-corrected chi connectivity index (χ4v) is 9.98. The zero-order chi connectivity index (χ0) is 42.7. The Morgan fingerprint density at radius 1 is 1.07 bits per heavy atom.